The first-order chi connectivity index (χ1) is 17.7. The van der Waals surface area contributed by atoms with Crippen molar-refractivity contribution in [3.63, 3.8) is 0 Å². The third kappa shape index (κ3) is 4.98. The molecule has 1 aliphatic rings. The molecule has 0 saturated carbocycles. The number of nitrogens with zero attached hydrogens (tertiary/aromatic N) is 3. The van der Waals surface area contributed by atoms with E-state index in [2.05, 4.69) is 20.6 Å². The Morgan fingerprint density at radius 1 is 1.08 bits per heavy atom. The maximum atomic E-state index is 14.0. The van der Waals surface area contributed by atoms with Gasteiger partial charge >= 0.3 is 12.1 Å². The standard InChI is InChI=1S/C25H21F3N4O5/c26-25(27,28)19-20(13-4-2-1-3-5-13)31-36-22(19)24-30-23(32-37-24)15-6-8-16-14(12-15)7-9-17(21(16)35)29-11-10-18(33)34/h1-6,8,12,17,21,29,35H,7,9-11H2,(H,33,34). The number of hydrogen-bond acceptors (Lipinski definition) is 8. The maximum Gasteiger partial charge on any atom is 0.422 e. The van der Waals surface area contributed by atoms with Crippen LogP contribution < -0.4 is 5.32 Å². The van der Waals surface area contributed by atoms with Crippen LogP contribution in [0.1, 0.15) is 35.6 Å². The van der Waals surface area contributed by atoms with E-state index in [1.165, 1.54) is 12.1 Å². The van der Waals surface area contributed by atoms with E-state index >= 15 is 0 Å². The monoisotopic (exact) mass is 514 g/mol. The normalized spacial score (nSPS) is 17.5. The number of rotatable bonds is 7. The fourth-order valence-corrected chi connectivity index (χ4v) is 4.44. The number of aliphatic hydroxyl groups is 1. The highest BCUT2D eigenvalue weighted by Crippen LogP contribution is 2.43. The largest absolute Gasteiger partial charge is 0.481 e. The van der Waals surface area contributed by atoms with Crippen LogP contribution in [0.4, 0.5) is 13.2 Å². The number of nitrogens with one attached hydrogen (secondary N) is 1. The molecule has 0 bridgehead atoms. The van der Waals surface area contributed by atoms with Crippen LogP contribution in [-0.4, -0.2) is 44.1 Å². The van der Waals surface area contributed by atoms with E-state index in [0.29, 0.717) is 24.0 Å². The highest BCUT2D eigenvalue weighted by molar-refractivity contribution is 5.71. The van der Waals surface area contributed by atoms with Gasteiger partial charge in [0.15, 0.2) is 0 Å². The van der Waals surface area contributed by atoms with Gasteiger partial charge in [0.1, 0.15) is 11.3 Å². The van der Waals surface area contributed by atoms with Crippen LogP contribution in [0.15, 0.2) is 57.6 Å². The molecule has 0 aliphatic heterocycles. The lowest BCUT2D eigenvalue weighted by molar-refractivity contribution is -0.137. The molecular formula is C25H21F3N4O5. The zero-order valence-electron chi connectivity index (χ0n) is 19.2. The van der Waals surface area contributed by atoms with Gasteiger partial charge in [0.2, 0.25) is 11.6 Å². The Labute approximate surface area is 207 Å². The summed E-state index contributed by atoms with van der Waals surface area (Å²) in [6, 6.07) is 12.6. The number of aromatic nitrogens is 3. The van der Waals surface area contributed by atoms with Crippen LogP contribution in [0.2, 0.25) is 0 Å². The lowest BCUT2D eigenvalue weighted by Gasteiger charge is -2.31. The zero-order chi connectivity index (χ0) is 26.2. The molecule has 0 fully saturated rings. The number of fused-ring (bicyclic) bond motifs is 1. The number of halogens is 3. The van der Waals surface area contributed by atoms with Crippen molar-refractivity contribution in [1.29, 1.82) is 0 Å². The summed E-state index contributed by atoms with van der Waals surface area (Å²) in [6.07, 6.45) is -4.51. The summed E-state index contributed by atoms with van der Waals surface area (Å²) in [4.78, 5) is 14.9. The van der Waals surface area contributed by atoms with Crippen LogP contribution in [0.25, 0.3) is 34.3 Å². The lowest BCUT2D eigenvalue weighted by Crippen LogP contribution is -2.39. The van der Waals surface area contributed by atoms with Crippen LogP contribution in [0.3, 0.4) is 0 Å². The quantitative estimate of drug-likeness (QED) is 0.326. The molecule has 2 unspecified atom stereocenters. The van der Waals surface area contributed by atoms with E-state index in [9.17, 15) is 23.1 Å². The number of carboxylic acid groups (broad SMARTS) is 1. The van der Waals surface area contributed by atoms with Crippen molar-refractivity contribution in [3.05, 3.63) is 65.2 Å². The van der Waals surface area contributed by atoms with E-state index in [-0.39, 0.29) is 36.1 Å². The van der Waals surface area contributed by atoms with Gasteiger partial charge in [0.05, 0.1) is 12.5 Å². The number of aliphatic carboxylic acids is 1. The molecule has 9 nitrogen and oxygen atoms in total. The maximum absolute atomic E-state index is 14.0. The number of aliphatic hydroxyl groups excluding tert-OH is 1. The van der Waals surface area contributed by atoms with Crippen molar-refractivity contribution in [2.75, 3.05) is 6.54 Å². The topological polar surface area (TPSA) is 135 Å². The molecule has 0 saturated heterocycles. The van der Waals surface area contributed by atoms with E-state index in [0.717, 1.165) is 5.56 Å². The predicted molar refractivity (Wildman–Crippen MR) is 123 cm³/mol. The number of carboxylic acids is 1. The molecule has 37 heavy (non-hydrogen) atoms. The smallest absolute Gasteiger partial charge is 0.422 e. The van der Waals surface area contributed by atoms with E-state index < -0.39 is 35.5 Å². The Balaban J connectivity index is 1.41. The van der Waals surface area contributed by atoms with Crippen molar-refractivity contribution in [2.24, 2.45) is 0 Å². The highest BCUT2D eigenvalue weighted by Gasteiger charge is 2.43. The van der Waals surface area contributed by atoms with Gasteiger partial charge in [0.25, 0.3) is 5.89 Å². The first kappa shape index (κ1) is 24.7. The van der Waals surface area contributed by atoms with Gasteiger partial charge in [-0.2, -0.15) is 18.2 Å². The van der Waals surface area contributed by atoms with Crippen LogP contribution in [-0.2, 0) is 17.4 Å². The van der Waals surface area contributed by atoms with Gasteiger partial charge < -0.3 is 24.6 Å². The van der Waals surface area contributed by atoms with E-state index in [1.54, 1.807) is 36.4 Å². The molecule has 3 N–H and O–H groups in total. The van der Waals surface area contributed by atoms with Gasteiger partial charge in [-0.1, -0.05) is 52.8 Å². The van der Waals surface area contributed by atoms with Gasteiger partial charge in [-0.3, -0.25) is 4.79 Å². The molecule has 1 aliphatic carbocycles. The Morgan fingerprint density at radius 3 is 2.59 bits per heavy atom. The van der Waals surface area contributed by atoms with Gasteiger partial charge in [-0.25, -0.2) is 0 Å². The molecular weight excluding hydrogens is 493 g/mol. The summed E-state index contributed by atoms with van der Waals surface area (Å²) < 4.78 is 52.1. The number of carbonyl (C=O) groups is 1. The van der Waals surface area contributed by atoms with E-state index in [1.807, 2.05) is 0 Å². The minimum absolute atomic E-state index is 0.0523. The third-order valence-corrected chi connectivity index (χ3v) is 6.21. The second-order valence-electron chi connectivity index (χ2n) is 8.62. The number of alkyl halides is 3. The molecule has 2 atom stereocenters. The van der Waals surface area contributed by atoms with Crippen LogP contribution >= 0.6 is 0 Å². The Hall–Kier alpha value is -4.03. The SMILES string of the molecule is O=C(O)CCNC1CCc2cc(-c3noc(-c4onc(-c5ccccc5)c4C(F)(F)F)n3)ccc2C1O. The highest BCUT2D eigenvalue weighted by atomic mass is 19.4. The number of benzene rings is 2. The first-order valence-corrected chi connectivity index (χ1v) is 11.4. The Bertz CT molecular complexity index is 1420. The molecule has 192 valence electrons. The minimum Gasteiger partial charge on any atom is -0.481 e. The summed E-state index contributed by atoms with van der Waals surface area (Å²) in [5.74, 6) is -2.00. The predicted octanol–water partition coefficient (Wildman–Crippen LogP) is 4.49. The molecule has 5 rings (SSSR count). The summed E-state index contributed by atoms with van der Waals surface area (Å²) in [5, 5.41) is 30.0. The fourth-order valence-electron chi connectivity index (χ4n) is 4.44. The van der Waals surface area contributed by atoms with Gasteiger partial charge in [0, 0.05) is 23.7 Å². The fraction of sp³-hybridized carbons (Fsp3) is 0.280. The second kappa shape index (κ2) is 9.79. The van der Waals surface area contributed by atoms with Gasteiger partial charge in [-0.15, -0.1) is 0 Å². The van der Waals surface area contributed by atoms with Crippen LogP contribution in [0.5, 0.6) is 0 Å². The zero-order valence-corrected chi connectivity index (χ0v) is 19.2. The molecule has 12 heteroatoms. The summed E-state index contributed by atoms with van der Waals surface area (Å²) in [5.41, 5.74) is 0.743. The van der Waals surface area contributed by atoms with Crippen molar-refractivity contribution in [3.8, 4) is 34.3 Å². The molecule has 2 aromatic heterocycles. The van der Waals surface area contributed by atoms with Crippen LogP contribution in [0, 0.1) is 0 Å². The summed E-state index contributed by atoms with van der Waals surface area (Å²) in [6.45, 7) is 0.240. The second-order valence-corrected chi connectivity index (χ2v) is 8.62. The lowest BCUT2D eigenvalue weighted by atomic mass is 9.85. The Kier molecular flexibility index (Phi) is 6.52. The molecule has 4 aromatic rings. The summed E-state index contributed by atoms with van der Waals surface area (Å²) >= 11 is 0. The van der Waals surface area contributed by atoms with Gasteiger partial charge in [-0.05, 0) is 30.0 Å². The molecule has 0 radical (unpaired) electrons. The molecule has 0 amide bonds. The molecule has 2 heterocycles. The van der Waals surface area contributed by atoms with Crippen molar-refractivity contribution in [1.82, 2.24) is 20.6 Å². The number of hydrogen-bond donors (Lipinski definition) is 3. The van der Waals surface area contributed by atoms with Crippen molar-refractivity contribution >= 4 is 5.97 Å². The van der Waals surface area contributed by atoms with E-state index in [4.69, 9.17) is 14.2 Å². The molecule has 2 aromatic carbocycles. The van der Waals surface area contributed by atoms with Crippen molar-refractivity contribution in [2.45, 2.75) is 37.6 Å². The first-order valence-electron chi connectivity index (χ1n) is 11.4. The summed E-state index contributed by atoms with van der Waals surface area (Å²) in [7, 11) is 0. The number of aryl methyl sites for hydroxylation is 1. The Morgan fingerprint density at radius 2 is 1.86 bits per heavy atom. The minimum atomic E-state index is -4.79. The van der Waals surface area contributed by atoms with Crippen molar-refractivity contribution < 1.29 is 37.2 Å². The molecule has 0 spiro atoms. The third-order valence-electron chi connectivity index (χ3n) is 6.21. The average Bonchev–Trinajstić information content (AvgIpc) is 3.53. The average molecular weight is 514 g/mol.